The molecule has 4 aliphatic rings. The highest BCUT2D eigenvalue weighted by Gasteiger charge is 2.73. The van der Waals surface area contributed by atoms with Gasteiger partial charge in [-0.2, -0.15) is 0 Å². The van der Waals surface area contributed by atoms with Gasteiger partial charge in [0.25, 0.3) is 5.91 Å². The van der Waals surface area contributed by atoms with Crippen molar-refractivity contribution in [3.05, 3.63) is 66.8 Å². The number of anilines is 1. The van der Waals surface area contributed by atoms with E-state index in [2.05, 4.69) is 6.08 Å². The lowest BCUT2D eigenvalue weighted by molar-refractivity contribution is -0.154. The zero-order valence-corrected chi connectivity index (χ0v) is 22.9. The van der Waals surface area contributed by atoms with Crippen LogP contribution < -0.4 is 4.90 Å². The number of carbonyl (C=O) groups excluding carboxylic acids is 3. The van der Waals surface area contributed by atoms with Crippen LogP contribution in [-0.4, -0.2) is 69.6 Å². The summed E-state index contributed by atoms with van der Waals surface area (Å²) in [4.78, 5) is 45.7. The second-order valence-electron chi connectivity index (χ2n) is 11.1. The van der Waals surface area contributed by atoms with Crippen molar-refractivity contribution < 1.29 is 24.2 Å². The molecule has 1 unspecified atom stereocenters. The van der Waals surface area contributed by atoms with Gasteiger partial charge in [-0.3, -0.25) is 14.4 Å². The zero-order chi connectivity index (χ0) is 27.2. The van der Waals surface area contributed by atoms with Crippen molar-refractivity contribution >= 4 is 46.0 Å². The van der Waals surface area contributed by atoms with Gasteiger partial charge in [0.2, 0.25) is 5.91 Å². The molecule has 39 heavy (non-hydrogen) atoms. The number of carbonyl (C=O) groups is 3. The zero-order valence-electron chi connectivity index (χ0n) is 22.1. The SMILES string of the molecule is C[C@@]12C=CCCOC(=O)[C@@H]1[C@H]1C(=O)N(CCCCCO)C3C(=O)N(c4ccc5ccccc5c4)CC=C[C@@]31S2. The number of hydrogen-bond acceptors (Lipinski definition) is 6. The van der Waals surface area contributed by atoms with E-state index in [1.54, 1.807) is 21.6 Å². The van der Waals surface area contributed by atoms with E-state index in [1.807, 2.05) is 67.6 Å². The van der Waals surface area contributed by atoms with E-state index in [4.69, 9.17) is 4.74 Å². The van der Waals surface area contributed by atoms with Crippen molar-refractivity contribution in [1.29, 1.82) is 0 Å². The number of rotatable bonds is 6. The van der Waals surface area contributed by atoms with Gasteiger partial charge in [-0.05, 0) is 55.5 Å². The summed E-state index contributed by atoms with van der Waals surface area (Å²) in [5.74, 6) is -2.02. The lowest BCUT2D eigenvalue weighted by Gasteiger charge is -2.37. The fourth-order valence-electron chi connectivity index (χ4n) is 6.87. The predicted molar refractivity (Wildman–Crippen MR) is 152 cm³/mol. The Labute approximate surface area is 232 Å². The van der Waals surface area contributed by atoms with Crippen LogP contribution in [0.5, 0.6) is 0 Å². The normalized spacial score (nSPS) is 31.9. The summed E-state index contributed by atoms with van der Waals surface area (Å²) in [5.41, 5.74) is 0.788. The minimum absolute atomic E-state index is 0.0931. The van der Waals surface area contributed by atoms with Crippen molar-refractivity contribution in [1.82, 2.24) is 4.90 Å². The third-order valence-corrected chi connectivity index (χ3v) is 10.4. The summed E-state index contributed by atoms with van der Waals surface area (Å²) < 4.78 is 4.06. The number of nitrogens with zero attached hydrogens (tertiary/aromatic N) is 2. The van der Waals surface area contributed by atoms with Gasteiger partial charge >= 0.3 is 5.97 Å². The fraction of sp³-hybridized carbons (Fsp3) is 0.452. The number of esters is 1. The molecule has 2 aromatic rings. The van der Waals surface area contributed by atoms with E-state index in [0.29, 0.717) is 39.0 Å². The van der Waals surface area contributed by atoms with E-state index in [-0.39, 0.29) is 24.4 Å². The minimum atomic E-state index is -0.885. The van der Waals surface area contributed by atoms with Crippen LogP contribution in [0, 0.1) is 11.8 Å². The third kappa shape index (κ3) is 4.19. The van der Waals surface area contributed by atoms with Gasteiger partial charge in [-0.25, -0.2) is 0 Å². The molecular formula is C31H34N2O5S. The molecule has 1 N–H and O–H groups in total. The largest absolute Gasteiger partial charge is 0.465 e. The number of ether oxygens (including phenoxy) is 1. The summed E-state index contributed by atoms with van der Waals surface area (Å²) in [6.45, 7) is 3.17. The first-order valence-corrected chi connectivity index (χ1v) is 14.6. The van der Waals surface area contributed by atoms with Gasteiger partial charge in [0, 0.05) is 30.1 Å². The minimum Gasteiger partial charge on any atom is -0.465 e. The predicted octanol–water partition coefficient (Wildman–Crippen LogP) is 4.10. The van der Waals surface area contributed by atoms with Crippen LogP contribution in [0.3, 0.4) is 0 Å². The van der Waals surface area contributed by atoms with Crippen molar-refractivity contribution in [2.24, 2.45) is 11.8 Å². The van der Waals surface area contributed by atoms with E-state index in [0.717, 1.165) is 22.9 Å². The lowest BCUT2D eigenvalue weighted by atomic mass is 9.74. The standard InChI is InChI=1S/C31H34N2O5S/c1-30-14-5-8-19-38-29(37)25(30)24-27(35)33(16-6-2-7-18-34)26-28(36)32(17-9-15-31(24,26)39-30)23-13-12-21-10-3-4-11-22(21)20-23/h3-5,9-15,20,24-26,34H,2,6-8,16-19H2,1H3/t24-,25-,26?,30+,31-/m0/s1. The number of hydrogen-bond donors (Lipinski definition) is 1. The quantitative estimate of drug-likeness (QED) is 0.334. The van der Waals surface area contributed by atoms with Gasteiger partial charge in [-0.1, -0.05) is 54.6 Å². The molecule has 4 heterocycles. The van der Waals surface area contributed by atoms with Gasteiger partial charge in [0.1, 0.15) is 6.04 Å². The Balaban J connectivity index is 1.44. The number of fused-ring (bicyclic) bond motifs is 3. The van der Waals surface area contributed by atoms with Gasteiger partial charge in [0.15, 0.2) is 0 Å². The number of amides is 2. The molecule has 2 fully saturated rings. The number of benzene rings is 2. The maximum Gasteiger partial charge on any atom is 0.311 e. The molecule has 8 heteroatoms. The molecule has 0 radical (unpaired) electrons. The van der Waals surface area contributed by atoms with Crippen molar-refractivity contribution in [2.45, 2.75) is 48.1 Å². The van der Waals surface area contributed by atoms with Gasteiger partial charge in [-0.15, -0.1) is 11.8 Å². The highest BCUT2D eigenvalue weighted by atomic mass is 32.2. The molecule has 5 atom stereocenters. The van der Waals surface area contributed by atoms with Crippen LogP contribution >= 0.6 is 11.8 Å². The molecule has 0 aliphatic carbocycles. The molecule has 0 bridgehead atoms. The first-order valence-electron chi connectivity index (χ1n) is 13.8. The van der Waals surface area contributed by atoms with Gasteiger partial charge < -0.3 is 19.6 Å². The van der Waals surface area contributed by atoms with Crippen LogP contribution in [0.15, 0.2) is 66.8 Å². The topological polar surface area (TPSA) is 87.1 Å². The number of thioether (sulfide) groups is 1. The second-order valence-corrected chi connectivity index (χ2v) is 12.8. The van der Waals surface area contributed by atoms with Crippen LogP contribution in [0.4, 0.5) is 5.69 Å². The Hall–Kier alpha value is -3.10. The molecule has 204 valence electrons. The van der Waals surface area contributed by atoms with Crippen LogP contribution in [0.2, 0.25) is 0 Å². The van der Waals surface area contributed by atoms with Crippen LogP contribution in [-0.2, 0) is 19.1 Å². The summed E-state index contributed by atoms with van der Waals surface area (Å²) in [6, 6.07) is 13.3. The molecule has 6 rings (SSSR count). The summed E-state index contributed by atoms with van der Waals surface area (Å²) >= 11 is 1.57. The molecule has 0 saturated carbocycles. The van der Waals surface area contributed by atoms with Crippen molar-refractivity contribution in [2.75, 3.05) is 31.2 Å². The number of aliphatic hydroxyl groups is 1. The molecule has 2 saturated heterocycles. The first-order chi connectivity index (χ1) is 18.9. The third-order valence-electron chi connectivity index (χ3n) is 8.62. The average molecular weight is 547 g/mol. The number of unbranched alkanes of at least 4 members (excludes halogenated alkanes) is 2. The highest BCUT2D eigenvalue weighted by Crippen LogP contribution is 2.65. The second kappa shape index (κ2) is 10.1. The maximum absolute atomic E-state index is 14.6. The Morgan fingerprint density at radius 1 is 0.974 bits per heavy atom. The summed E-state index contributed by atoms with van der Waals surface area (Å²) in [7, 11) is 0. The summed E-state index contributed by atoms with van der Waals surface area (Å²) in [6.07, 6.45) is 10.8. The fourth-order valence-corrected chi connectivity index (χ4v) is 9.03. The Morgan fingerprint density at radius 2 is 1.79 bits per heavy atom. The van der Waals surface area contributed by atoms with Crippen LogP contribution in [0.25, 0.3) is 10.8 Å². The molecule has 7 nitrogen and oxygen atoms in total. The number of aliphatic hydroxyl groups excluding tert-OH is 1. The monoisotopic (exact) mass is 546 g/mol. The lowest BCUT2D eigenvalue weighted by Crippen LogP contribution is -2.53. The Bertz CT molecular complexity index is 1370. The maximum atomic E-state index is 14.6. The van der Waals surface area contributed by atoms with E-state index < -0.39 is 27.4 Å². The first kappa shape index (κ1) is 26.1. The van der Waals surface area contributed by atoms with Crippen molar-refractivity contribution in [3.8, 4) is 0 Å². The molecule has 1 spiro atoms. The smallest absolute Gasteiger partial charge is 0.311 e. The van der Waals surface area contributed by atoms with Crippen LogP contribution in [0.1, 0.15) is 32.6 Å². The Morgan fingerprint density at radius 3 is 2.62 bits per heavy atom. The van der Waals surface area contributed by atoms with Crippen molar-refractivity contribution in [3.63, 3.8) is 0 Å². The molecular weight excluding hydrogens is 512 g/mol. The molecule has 4 aliphatic heterocycles. The summed E-state index contributed by atoms with van der Waals surface area (Å²) in [5, 5.41) is 11.4. The number of likely N-dealkylation sites (tertiary alicyclic amines) is 1. The van der Waals surface area contributed by atoms with E-state index in [1.165, 1.54) is 0 Å². The molecule has 0 aromatic heterocycles. The molecule has 2 amide bonds. The average Bonchev–Trinajstić information content (AvgIpc) is 3.24. The molecule has 2 aromatic carbocycles. The number of cyclic esters (lactones) is 1. The highest BCUT2D eigenvalue weighted by molar-refractivity contribution is 8.02. The van der Waals surface area contributed by atoms with Gasteiger partial charge in [0.05, 0.1) is 23.2 Å². The van der Waals surface area contributed by atoms with E-state index >= 15 is 0 Å². The van der Waals surface area contributed by atoms with E-state index in [9.17, 15) is 19.5 Å². The Kier molecular flexibility index (Phi) is 6.79.